The summed E-state index contributed by atoms with van der Waals surface area (Å²) in [7, 11) is 0. The molecular weight excluding hydrogens is 248 g/mol. The van der Waals surface area contributed by atoms with Gasteiger partial charge >= 0.3 is 0 Å². The topological polar surface area (TPSA) is 32.3 Å². The fourth-order valence-corrected chi connectivity index (χ4v) is 3.72. The second-order valence-electron chi connectivity index (χ2n) is 7.71. The van der Waals surface area contributed by atoms with Crippen LogP contribution in [0.2, 0.25) is 0 Å². The molecule has 1 heterocycles. The highest BCUT2D eigenvalue weighted by atomic mass is 16.2. The standard InChI is InChI=1S/C17H32N2O/c1-13(2)16(20)19-11-8-14(9-12-19)18-15-7-5-6-10-17(15,3)4/h13-15,18H,5-12H2,1-4H3. The Morgan fingerprint density at radius 1 is 1.15 bits per heavy atom. The molecular formula is C17H32N2O. The van der Waals surface area contributed by atoms with Gasteiger partial charge in [-0.1, -0.05) is 40.5 Å². The summed E-state index contributed by atoms with van der Waals surface area (Å²) in [5.41, 5.74) is 0.434. The van der Waals surface area contributed by atoms with Gasteiger partial charge in [0.25, 0.3) is 0 Å². The van der Waals surface area contributed by atoms with Gasteiger partial charge in [0.2, 0.25) is 5.91 Å². The molecule has 1 unspecified atom stereocenters. The number of hydrogen-bond acceptors (Lipinski definition) is 2. The lowest BCUT2D eigenvalue weighted by Crippen LogP contribution is -2.53. The summed E-state index contributed by atoms with van der Waals surface area (Å²) in [4.78, 5) is 14.1. The molecule has 3 nitrogen and oxygen atoms in total. The van der Waals surface area contributed by atoms with Gasteiger partial charge in [0.15, 0.2) is 0 Å². The molecule has 0 spiro atoms. The Morgan fingerprint density at radius 2 is 1.80 bits per heavy atom. The zero-order valence-corrected chi connectivity index (χ0v) is 13.7. The fourth-order valence-electron chi connectivity index (χ4n) is 3.72. The van der Waals surface area contributed by atoms with Gasteiger partial charge in [-0.05, 0) is 31.1 Å². The molecule has 3 heteroatoms. The molecule has 0 aromatic heterocycles. The van der Waals surface area contributed by atoms with E-state index in [0.717, 1.165) is 25.9 Å². The van der Waals surface area contributed by atoms with Crippen molar-refractivity contribution in [2.24, 2.45) is 11.3 Å². The van der Waals surface area contributed by atoms with E-state index in [-0.39, 0.29) is 5.92 Å². The van der Waals surface area contributed by atoms with Gasteiger partial charge in [-0.2, -0.15) is 0 Å². The van der Waals surface area contributed by atoms with E-state index in [1.165, 1.54) is 25.7 Å². The predicted octanol–water partition coefficient (Wildman–Crippen LogP) is 3.19. The summed E-state index contributed by atoms with van der Waals surface area (Å²) in [5, 5.41) is 3.90. The largest absolute Gasteiger partial charge is 0.342 e. The smallest absolute Gasteiger partial charge is 0.225 e. The molecule has 1 saturated heterocycles. The maximum absolute atomic E-state index is 12.0. The first-order chi connectivity index (χ1) is 9.40. The molecule has 2 aliphatic rings. The van der Waals surface area contributed by atoms with Gasteiger partial charge in [-0.25, -0.2) is 0 Å². The number of carbonyl (C=O) groups is 1. The van der Waals surface area contributed by atoms with Crippen LogP contribution in [0, 0.1) is 11.3 Å². The lowest BCUT2D eigenvalue weighted by molar-refractivity contribution is -0.135. The van der Waals surface area contributed by atoms with Crippen molar-refractivity contribution in [2.75, 3.05) is 13.1 Å². The van der Waals surface area contributed by atoms with E-state index >= 15 is 0 Å². The van der Waals surface area contributed by atoms with Crippen molar-refractivity contribution < 1.29 is 4.79 Å². The van der Waals surface area contributed by atoms with Crippen molar-refractivity contribution in [1.82, 2.24) is 10.2 Å². The predicted molar refractivity (Wildman–Crippen MR) is 83.6 cm³/mol. The first-order valence-corrected chi connectivity index (χ1v) is 8.45. The van der Waals surface area contributed by atoms with E-state index in [9.17, 15) is 4.79 Å². The minimum absolute atomic E-state index is 0.136. The molecule has 2 rings (SSSR count). The van der Waals surface area contributed by atoms with Crippen molar-refractivity contribution in [3.8, 4) is 0 Å². The first kappa shape index (κ1) is 15.8. The average Bonchev–Trinajstić information content (AvgIpc) is 2.41. The Labute approximate surface area is 124 Å². The van der Waals surface area contributed by atoms with E-state index < -0.39 is 0 Å². The fraction of sp³-hybridized carbons (Fsp3) is 0.941. The molecule has 1 N–H and O–H groups in total. The Bertz CT molecular complexity index is 330. The van der Waals surface area contributed by atoms with Gasteiger partial charge in [0.05, 0.1) is 0 Å². The third-order valence-corrected chi connectivity index (χ3v) is 5.24. The average molecular weight is 280 g/mol. The number of nitrogens with one attached hydrogen (secondary N) is 1. The van der Waals surface area contributed by atoms with Gasteiger partial charge < -0.3 is 10.2 Å². The molecule has 20 heavy (non-hydrogen) atoms. The van der Waals surface area contributed by atoms with Crippen LogP contribution < -0.4 is 5.32 Å². The molecule has 116 valence electrons. The van der Waals surface area contributed by atoms with E-state index in [1.807, 2.05) is 13.8 Å². The minimum atomic E-state index is 0.136. The lowest BCUT2D eigenvalue weighted by atomic mass is 9.73. The second kappa shape index (κ2) is 6.46. The first-order valence-electron chi connectivity index (χ1n) is 8.45. The summed E-state index contributed by atoms with van der Waals surface area (Å²) >= 11 is 0. The van der Waals surface area contributed by atoms with Crippen molar-refractivity contribution in [1.29, 1.82) is 0 Å². The molecule has 0 aromatic carbocycles. The van der Waals surface area contributed by atoms with Crippen LogP contribution in [0.4, 0.5) is 0 Å². The number of hydrogen-bond donors (Lipinski definition) is 1. The molecule has 1 atom stereocenters. The Kier molecular flexibility index (Phi) is 5.11. The molecule has 1 saturated carbocycles. The maximum atomic E-state index is 12.0. The molecule has 1 aliphatic carbocycles. The third kappa shape index (κ3) is 3.75. The van der Waals surface area contributed by atoms with E-state index in [1.54, 1.807) is 0 Å². The number of amides is 1. The summed E-state index contributed by atoms with van der Waals surface area (Å²) in [6.45, 7) is 10.7. The lowest BCUT2D eigenvalue weighted by Gasteiger charge is -2.43. The van der Waals surface area contributed by atoms with Gasteiger partial charge in [-0.15, -0.1) is 0 Å². The highest BCUT2D eigenvalue weighted by Crippen LogP contribution is 2.36. The number of carbonyl (C=O) groups excluding carboxylic acids is 1. The van der Waals surface area contributed by atoms with E-state index in [0.29, 0.717) is 23.4 Å². The molecule has 1 amide bonds. The zero-order valence-electron chi connectivity index (χ0n) is 13.7. The van der Waals surface area contributed by atoms with Gasteiger partial charge in [-0.3, -0.25) is 4.79 Å². The van der Waals surface area contributed by atoms with Crippen molar-refractivity contribution >= 4 is 5.91 Å². The SMILES string of the molecule is CC(C)C(=O)N1CCC(NC2CCCCC2(C)C)CC1. The van der Waals surface area contributed by atoms with Crippen LogP contribution in [0.1, 0.15) is 66.2 Å². The number of rotatable bonds is 3. The van der Waals surface area contributed by atoms with Crippen molar-refractivity contribution in [3.05, 3.63) is 0 Å². The van der Waals surface area contributed by atoms with Gasteiger partial charge in [0, 0.05) is 31.1 Å². The maximum Gasteiger partial charge on any atom is 0.225 e. The number of likely N-dealkylation sites (tertiary alicyclic amines) is 1. The number of nitrogens with zero attached hydrogens (tertiary/aromatic N) is 1. The molecule has 2 fully saturated rings. The Balaban J connectivity index is 1.81. The van der Waals surface area contributed by atoms with Crippen LogP contribution in [-0.4, -0.2) is 36.0 Å². The molecule has 0 radical (unpaired) electrons. The monoisotopic (exact) mass is 280 g/mol. The minimum Gasteiger partial charge on any atom is -0.342 e. The van der Waals surface area contributed by atoms with Crippen LogP contribution >= 0.6 is 0 Å². The van der Waals surface area contributed by atoms with Crippen LogP contribution in [0.5, 0.6) is 0 Å². The Hall–Kier alpha value is -0.570. The van der Waals surface area contributed by atoms with Crippen LogP contribution in [0.15, 0.2) is 0 Å². The zero-order chi connectivity index (χ0) is 14.8. The molecule has 1 aliphatic heterocycles. The summed E-state index contributed by atoms with van der Waals surface area (Å²) < 4.78 is 0. The Morgan fingerprint density at radius 3 is 2.35 bits per heavy atom. The number of piperidine rings is 1. The summed E-state index contributed by atoms with van der Waals surface area (Å²) in [6, 6.07) is 1.27. The quantitative estimate of drug-likeness (QED) is 0.861. The van der Waals surface area contributed by atoms with Crippen LogP contribution in [0.3, 0.4) is 0 Å². The van der Waals surface area contributed by atoms with Crippen LogP contribution in [0.25, 0.3) is 0 Å². The summed E-state index contributed by atoms with van der Waals surface area (Å²) in [5.74, 6) is 0.457. The van der Waals surface area contributed by atoms with Crippen molar-refractivity contribution in [3.63, 3.8) is 0 Å². The third-order valence-electron chi connectivity index (χ3n) is 5.24. The van der Waals surface area contributed by atoms with Gasteiger partial charge in [0.1, 0.15) is 0 Å². The molecule has 0 bridgehead atoms. The van der Waals surface area contributed by atoms with E-state index in [2.05, 4.69) is 24.1 Å². The highest BCUT2D eigenvalue weighted by molar-refractivity contribution is 5.78. The van der Waals surface area contributed by atoms with Crippen molar-refractivity contribution in [2.45, 2.75) is 78.3 Å². The normalized spacial score (nSPS) is 27.9. The van der Waals surface area contributed by atoms with Crippen LogP contribution in [-0.2, 0) is 4.79 Å². The highest BCUT2D eigenvalue weighted by Gasteiger charge is 2.34. The summed E-state index contributed by atoms with van der Waals surface area (Å²) in [6.07, 6.45) is 7.64. The van der Waals surface area contributed by atoms with E-state index in [4.69, 9.17) is 0 Å². The second-order valence-corrected chi connectivity index (χ2v) is 7.71. The molecule has 0 aromatic rings.